The van der Waals surface area contributed by atoms with Gasteiger partial charge in [-0.05, 0) is 62.8 Å². The van der Waals surface area contributed by atoms with Crippen molar-refractivity contribution in [3.05, 3.63) is 65.5 Å². The first-order chi connectivity index (χ1) is 13.3. The lowest BCUT2D eigenvalue weighted by Crippen LogP contribution is -2.34. The number of halogens is 1. The number of nitrogens with zero attached hydrogens (tertiary/aromatic N) is 1. The summed E-state index contributed by atoms with van der Waals surface area (Å²) in [5.74, 6) is -0.719. The Bertz CT molecular complexity index is 959. The summed E-state index contributed by atoms with van der Waals surface area (Å²) in [4.78, 5) is 14.5. The Hall–Kier alpha value is -2.29. The zero-order chi connectivity index (χ0) is 20.3. The van der Waals surface area contributed by atoms with Crippen LogP contribution in [0, 0.1) is 5.82 Å². The third-order valence-corrected chi connectivity index (χ3v) is 6.14. The number of sulfonamides is 1. The van der Waals surface area contributed by atoms with Crippen molar-refractivity contribution in [2.45, 2.75) is 29.8 Å². The summed E-state index contributed by atoms with van der Waals surface area (Å²) in [6.07, 6.45) is 1.68. The molecule has 2 aromatic carbocycles. The van der Waals surface area contributed by atoms with Crippen molar-refractivity contribution in [1.29, 1.82) is 0 Å². The lowest BCUT2D eigenvalue weighted by atomic mass is 10.1. The number of benzene rings is 2. The molecule has 0 radical (unpaired) electrons. The zero-order valence-corrected chi connectivity index (χ0v) is 16.7. The Labute approximate surface area is 164 Å². The van der Waals surface area contributed by atoms with Crippen molar-refractivity contribution in [2.75, 3.05) is 20.6 Å². The van der Waals surface area contributed by atoms with Gasteiger partial charge in [0.25, 0.3) is 5.91 Å². The summed E-state index contributed by atoms with van der Waals surface area (Å²) in [5, 5.41) is 2.81. The van der Waals surface area contributed by atoms with E-state index in [0.29, 0.717) is 0 Å². The Morgan fingerprint density at radius 3 is 2.54 bits per heavy atom. The van der Waals surface area contributed by atoms with Crippen LogP contribution in [0.25, 0.3) is 0 Å². The van der Waals surface area contributed by atoms with Gasteiger partial charge in [-0.1, -0.05) is 18.2 Å². The van der Waals surface area contributed by atoms with Gasteiger partial charge in [-0.15, -0.1) is 0 Å². The van der Waals surface area contributed by atoms with Gasteiger partial charge in [0.15, 0.2) is 0 Å². The zero-order valence-electron chi connectivity index (χ0n) is 15.9. The van der Waals surface area contributed by atoms with E-state index in [0.717, 1.165) is 18.4 Å². The number of likely N-dealkylation sites (N-methyl/N-ethyl adjacent to an activating group) is 1. The molecule has 28 heavy (non-hydrogen) atoms. The molecule has 1 aliphatic rings. The Kier molecular flexibility index (Phi) is 6.12. The molecule has 3 rings (SSSR count). The largest absolute Gasteiger partial charge is 0.350 e. The van der Waals surface area contributed by atoms with Gasteiger partial charge in [-0.25, -0.2) is 17.5 Å². The van der Waals surface area contributed by atoms with Crippen molar-refractivity contribution < 1.29 is 17.6 Å². The molecule has 1 fully saturated rings. The third-order valence-electron chi connectivity index (χ3n) is 4.62. The van der Waals surface area contributed by atoms with Gasteiger partial charge < -0.3 is 10.2 Å². The minimum absolute atomic E-state index is 0.00500. The number of carbonyl (C=O) groups excluding carboxylic acids is 1. The van der Waals surface area contributed by atoms with E-state index < -0.39 is 10.0 Å². The quantitative estimate of drug-likeness (QED) is 0.706. The van der Waals surface area contributed by atoms with E-state index in [2.05, 4.69) is 10.0 Å². The number of hydrogen-bond donors (Lipinski definition) is 2. The molecular formula is C20H24FN3O3S. The molecule has 1 atom stereocenters. The maximum Gasteiger partial charge on any atom is 0.251 e. The Morgan fingerprint density at radius 1 is 1.18 bits per heavy atom. The van der Waals surface area contributed by atoms with Crippen LogP contribution in [0.4, 0.5) is 4.39 Å². The average molecular weight is 405 g/mol. The molecule has 0 aromatic heterocycles. The summed E-state index contributed by atoms with van der Waals surface area (Å²) in [6.45, 7) is 0.257. The van der Waals surface area contributed by atoms with Crippen LogP contribution < -0.4 is 10.0 Å². The predicted molar refractivity (Wildman–Crippen MR) is 105 cm³/mol. The maximum atomic E-state index is 13.5. The van der Waals surface area contributed by atoms with Crippen molar-refractivity contribution >= 4 is 15.9 Å². The van der Waals surface area contributed by atoms with E-state index in [1.165, 1.54) is 24.3 Å². The molecule has 2 N–H and O–H groups in total. The highest BCUT2D eigenvalue weighted by molar-refractivity contribution is 7.89. The fourth-order valence-corrected chi connectivity index (χ4v) is 4.25. The Balaban J connectivity index is 1.71. The molecule has 1 amide bonds. The molecule has 1 saturated carbocycles. The van der Waals surface area contributed by atoms with Crippen molar-refractivity contribution in [3.8, 4) is 0 Å². The standard InChI is InChI=1S/C20H24FN3O3S/c1-24(2)19(14-5-3-7-16(21)11-14)13-22-20(25)15-6-4-8-18(12-15)28(26,27)23-17-9-10-17/h3-8,11-12,17,19,23H,9-10,13H2,1-2H3,(H,22,25). The van der Waals surface area contributed by atoms with Gasteiger partial charge in [-0.2, -0.15) is 0 Å². The molecule has 1 aliphatic carbocycles. The van der Waals surface area contributed by atoms with Crippen LogP contribution >= 0.6 is 0 Å². The number of nitrogens with one attached hydrogen (secondary N) is 2. The van der Waals surface area contributed by atoms with Crippen LogP contribution in [0.2, 0.25) is 0 Å². The topological polar surface area (TPSA) is 78.5 Å². The highest BCUT2D eigenvalue weighted by Crippen LogP contribution is 2.23. The lowest BCUT2D eigenvalue weighted by Gasteiger charge is -2.25. The Morgan fingerprint density at radius 2 is 1.89 bits per heavy atom. The molecule has 0 aliphatic heterocycles. The molecule has 0 saturated heterocycles. The van der Waals surface area contributed by atoms with Crippen molar-refractivity contribution in [2.24, 2.45) is 0 Å². The van der Waals surface area contributed by atoms with E-state index >= 15 is 0 Å². The van der Waals surface area contributed by atoms with Gasteiger partial charge in [0.2, 0.25) is 10.0 Å². The van der Waals surface area contributed by atoms with E-state index in [4.69, 9.17) is 0 Å². The van der Waals surface area contributed by atoms with Crippen molar-refractivity contribution in [3.63, 3.8) is 0 Å². The minimum Gasteiger partial charge on any atom is -0.350 e. The first kappa shape index (κ1) is 20.4. The maximum absolute atomic E-state index is 13.5. The van der Waals surface area contributed by atoms with Crippen LogP contribution in [-0.4, -0.2) is 45.9 Å². The van der Waals surface area contributed by atoms with Gasteiger partial charge >= 0.3 is 0 Å². The highest BCUT2D eigenvalue weighted by atomic mass is 32.2. The first-order valence-electron chi connectivity index (χ1n) is 9.09. The highest BCUT2D eigenvalue weighted by Gasteiger charge is 2.28. The van der Waals surface area contributed by atoms with Crippen LogP contribution in [-0.2, 0) is 10.0 Å². The number of amides is 1. The fourth-order valence-electron chi connectivity index (χ4n) is 2.90. The average Bonchev–Trinajstić information content (AvgIpc) is 3.45. The van der Waals surface area contributed by atoms with Crippen molar-refractivity contribution in [1.82, 2.24) is 14.9 Å². The molecule has 6 nitrogen and oxygen atoms in total. The first-order valence-corrected chi connectivity index (χ1v) is 10.6. The molecule has 8 heteroatoms. The fraction of sp³-hybridized carbons (Fsp3) is 0.350. The normalized spacial score (nSPS) is 15.4. The smallest absolute Gasteiger partial charge is 0.251 e. The third kappa shape index (κ3) is 5.15. The summed E-state index contributed by atoms with van der Waals surface area (Å²) >= 11 is 0. The van der Waals surface area contributed by atoms with Crippen LogP contribution in [0.15, 0.2) is 53.4 Å². The SMILES string of the molecule is CN(C)C(CNC(=O)c1cccc(S(=O)(=O)NC2CC2)c1)c1cccc(F)c1. The summed E-state index contributed by atoms with van der Waals surface area (Å²) < 4.78 is 40.8. The molecule has 0 heterocycles. The number of hydrogen-bond acceptors (Lipinski definition) is 4. The van der Waals surface area contributed by atoms with Crippen LogP contribution in [0.1, 0.15) is 34.8 Å². The molecule has 1 unspecified atom stereocenters. The second kappa shape index (κ2) is 8.38. The number of rotatable bonds is 8. The molecule has 2 aromatic rings. The summed E-state index contributed by atoms with van der Waals surface area (Å²) in [7, 11) is 0.0660. The van der Waals surface area contributed by atoms with Gasteiger partial charge in [0, 0.05) is 18.2 Å². The van der Waals surface area contributed by atoms with Gasteiger partial charge in [0.1, 0.15) is 5.82 Å². The summed E-state index contributed by atoms with van der Waals surface area (Å²) in [6, 6.07) is 12.0. The van der Waals surface area contributed by atoms with Crippen LogP contribution in [0.5, 0.6) is 0 Å². The van der Waals surface area contributed by atoms with Gasteiger partial charge in [-0.3, -0.25) is 4.79 Å². The number of carbonyl (C=O) groups is 1. The monoisotopic (exact) mass is 405 g/mol. The molecular weight excluding hydrogens is 381 g/mol. The second-order valence-electron chi connectivity index (χ2n) is 7.17. The summed E-state index contributed by atoms with van der Waals surface area (Å²) in [5.41, 5.74) is 1.01. The molecule has 0 bridgehead atoms. The lowest BCUT2D eigenvalue weighted by molar-refractivity contribution is 0.0941. The second-order valence-corrected chi connectivity index (χ2v) is 8.88. The van der Waals surface area contributed by atoms with E-state index in [1.54, 1.807) is 24.3 Å². The van der Waals surface area contributed by atoms with E-state index in [-0.39, 0.29) is 40.8 Å². The minimum atomic E-state index is -3.63. The van der Waals surface area contributed by atoms with Gasteiger partial charge in [0.05, 0.1) is 10.9 Å². The molecule has 150 valence electrons. The molecule has 0 spiro atoms. The van der Waals surface area contributed by atoms with E-state index in [9.17, 15) is 17.6 Å². The van der Waals surface area contributed by atoms with Crippen LogP contribution in [0.3, 0.4) is 0 Å². The predicted octanol–water partition coefficient (Wildman–Crippen LogP) is 2.30. The van der Waals surface area contributed by atoms with E-state index in [1.807, 2.05) is 19.0 Å².